The minimum Gasteiger partial charge on any atom is -0.872 e. The van der Waals surface area contributed by atoms with Crippen molar-refractivity contribution in [3.8, 4) is 11.5 Å². The van der Waals surface area contributed by atoms with Gasteiger partial charge >= 0.3 is 71.1 Å². The van der Waals surface area contributed by atoms with Gasteiger partial charge in [0, 0.05) is 0 Å². The van der Waals surface area contributed by atoms with Gasteiger partial charge in [0.15, 0.2) is 0 Å². The fourth-order valence-electron chi connectivity index (χ4n) is 0.899. The third-order valence-electron chi connectivity index (χ3n) is 1.57. The van der Waals surface area contributed by atoms with Crippen LogP contribution in [0.15, 0.2) is 12.1 Å². The van der Waals surface area contributed by atoms with Gasteiger partial charge in [0.05, 0.1) is 11.1 Å². The first-order valence-corrected chi connectivity index (χ1v) is 3.42. The summed E-state index contributed by atoms with van der Waals surface area (Å²) in [4.78, 5) is 20.7. The summed E-state index contributed by atoms with van der Waals surface area (Å²) in [6.07, 6.45) is 0. The smallest absolute Gasteiger partial charge is 0.872 e. The van der Waals surface area contributed by atoms with Gasteiger partial charge in [-0.25, -0.2) is 9.59 Å². The van der Waals surface area contributed by atoms with E-state index in [1.165, 1.54) is 0 Å². The summed E-state index contributed by atoms with van der Waals surface area (Å²) in [5, 5.41) is 38.8. The Labute approximate surface area is 134 Å². The number of hydrogen-bond acceptors (Lipinski definition) is 4. The van der Waals surface area contributed by atoms with Crippen LogP contribution in [-0.4, -0.2) is 22.2 Å². The Morgan fingerprint density at radius 3 is 1.31 bits per heavy atom. The van der Waals surface area contributed by atoms with Crippen molar-refractivity contribution in [2.45, 2.75) is 0 Å². The second-order valence-corrected chi connectivity index (χ2v) is 2.43. The molecule has 2 N–H and O–H groups in total. The summed E-state index contributed by atoms with van der Waals surface area (Å²) in [5.74, 6) is -5.72. The van der Waals surface area contributed by atoms with Gasteiger partial charge < -0.3 is 20.4 Å². The molecule has 6 nitrogen and oxygen atoms in total. The molecule has 0 aliphatic rings. The molecule has 0 spiro atoms. The minimum absolute atomic E-state index is 0. The molecule has 0 aromatic heterocycles. The van der Waals surface area contributed by atoms with Crippen molar-refractivity contribution in [3.63, 3.8) is 0 Å². The van der Waals surface area contributed by atoms with Crippen LogP contribution in [0.5, 0.6) is 11.5 Å². The molecule has 74 valence electrons. The predicted molar refractivity (Wildman–Crippen MR) is 39.3 cm³/mol. The maximum atomic E-state index is 11.0. The molecule has 8 heteroatoms. The minimum atomic E-state index is -1.55. The van der Waals surface area contributed by atoms with Crippen LogP contribution in [0.4, 0.5) is 0 Å². The molecule has 0 unspecified atom stereocenters. The van der Waals surface area contributed by atoms with Gasteiger partial charge in [-0.1, -0.05) is 0 Å². The molecule has 0 atom stereocenters. The first-order valence-electron chi connectivity index (χ1n) is 3.42. The number of aromatic carboxylic acids is 2. The van der Waals surface area contributed by atoms with E-state index in [-0.39, 0.29) is 59.1 Å². The average Bonchev–Trinajstić information content (AvgIpc) is 2.08. The van der Waals surface area contributed by atoms with Gasteiger partial charge in [0.1, 0.15) is 0 Å². The summed E-state index contributed by atoms with van der Waals surface area (Å²) in [5.41, 5.74) is -1.44. The van der Waals surface area contributed by atoms with Crippen molar-refractivity contribution in [3.05, 3.63) is 23.3 Å². The maximum Gasteiger partial charge on any atom is 1.00 e. The van der Waals surface area contributed by atoms with E-state index in [2.05, 4.69) is 0 Å². The van der Waals surface area contributed by atoms with Crippen LogP contribution in [0.3, 0.4) is 0 Å². The summed E-state index contributed by atoms with van der Waals surface area (Å²) in [6.45, 7) is 0. The SMILES string of the molecule is O=C(O)c1ccc(C(=O)O)c([O-])c1[O-].[Na+].[Na+]. The second kappa shape index (κ2) is 7.16. The fraction of sp³-hybridized carbons (Fsp3) is 0. The first-order chi connectivity index (χ1) is 6.45. The first kappa shape index (κ1) is 18.1. The van der Waals surface area contributed by atoms with E-state index in [1.54, 1.807) is 0 Å². The zero-order chi connectivity index (χ0) is 10.9. The fourth-order valence-corrected chi connectivity index (χ4v) is 0.899. The van der Waals surface area contributed by atoms with Crippen LogP contribution in [0.25, 0.3) is 0 Å². The van der Waals surface area contributed by atoms with E-state index >= 15 is 0 Å². The molecule has 1 rings (SSSR count). The number of rotatable bonds is 2. The van der Waals surface area contributed by atoms with Crippen molar-refractivity contribution < 1.29 is 89.1 Å². The Morgan fingerprint density at radius 2 is 1.12 bits per heavy atom. The van der Waals surface area contributed by atoms with Crippen LogP contribution < -0.4 is 69.3 Å². The number of carbonyl (C=O) groups is 2. The third kappa shape index (κ3) is 3.65. The average molecular weight is 242 g/mol. The van der Waals surface area contributed by atoms with E-state index in [9.17, 15) is 19.8 Å². The molecule has 1 aromatic carbocycles. The molecule has 16 heavy (non-hydrogen) atoms. The topological polar surface area (TPSA) is 121 Å². The standard InChI is InChI=1S/C8H6O6.2Na/c9-5-3(7(11)12)1-2-4(6(5)10)8(13)14;;/h1-2,9-10H,(H,11,12)(H,13,14);;/q;2*+1/p-2. The van der Waals surface area contributed by atoms with Crippen molar-refractivity contribution in [1.82, 2.24) is 0 Å². The summed E-state index contributed by atoms with van der Waals surface area (Å²) in [7, 11) is 0. The van der Waals surface area contributed by atoms with Gasteiger partial charge in [0.25, 0.3) is 0 Å². The monoisotopic (exact) mass is 242 g/mol. The largest absolute Gasteiger partial charge is 1.00 e. The van der Waals surface area contributed by atoms with Gasteiger partial charge in [-0.2, -0.15) is 0 Å². The van der Waals surface area contributed by atoms with E-state index in [4.69, 9.17) is 10.2 Å². The Balaban J connectivity index is 0. The molecule has 0 fully saturated rings. The molecular weight excluding hydrogens is 238 g/mol. The predicted octanol–water partition coefficient (Wildman–Crippen LogP) is -6.76. The third-order valence-corrected chi connectivity index (χ3v) is 1.57. The number of carboxylic acids is 2. The van der Waals surface area contributed by atoms with E-state index in [0.29, 0.717) is 0 Å². The molecule has 0 bridgehead atoms. The molecule has 0 saturated heterocycles. The van der Waals surface area contributed by atoms with Crippen LogP contribution in [0.2, 0.25) is 0 Å². The van der Waals surface area contributed by atoms with Crippen molar-refractivity contribution in [2.24, 2.45) is 0 Å². The van der Waals surface area contributed by atoms with Crippen molar-refractivity contribution >= 4 is 11.9 Å². The Kier molecular flexibility index (Phi) is 8.11. The second-order valence-electron chi connectivity index (χ2n) is 2.43. The van der Waals surface area contributed by atoms with Crippen LogP contribution in [-0.2, 0) is 0 Å². The van der Waals surface area contributed by atoms with Crippen molar-refractivity contribution in [1.29, 1.82) is 0 Å². The molecule has 0 aliphatic carbocycles. The van der Waals surface area contributed by atoms with Gasteiger partial charge in [-0.15, -0.1) is 11.5 Å². The number of benzene rings is 1. The normalized spacial score (nSPS) is 8.50. The quantitative estimate of drug-likeness (QED) is 0.497. The van der Waals surface area contributed by atoms with E-state index in [1.807, 2.05) is 0 Å². The van der Waals surface area contributed by atoms with Gasteiger partial charge in [-0.3, -0.25) is 0 Å². The summed E-state index contributed by atoms with van der Waals surface area (Å²) < 4.78 is 0. The number of carboxylic acid groups (broad SMARTS) is 2. The van der Waals surface area contributed by atoms with Crippen LogP contribution in [0, 0.1) is 0 Å². The summed E-state index contributed by atoms with van der Waals surface area (Å²) in [6, 6.07) is 1.60. The molecule has 0 heterocycles. The van der Waals surface area contributed by atoms with Crippen molar-refractivity contribution in [2.75, 3.05) is 0 Å². The van der Waals surface area contributed by atoms with E-state index < -0.39 is 34.6 Å². The molecule has 0 saturated carbocycles. The van der Waals surface area contributed by atoms with Crippen LogP contribution in [0.1, 0.15) is 20.7 Å². The Bertz CT molecular complexity index is 378. The van der Waals surface area contributed by atoms with Crippen LogP contribution >= 0.6 is 0 Å². The summed E-state index contributed by atoms with van der Waals surface area (Å²) >= 11 is 0. The number of hydrogen-bond donors (Lipinski definition) is 2. The molecule has 1 aromatic rings. The van der Waals surface area contributed by atoms with Gasteiger partial charge in [0.2, 0.25) is 0 Å². The maximum absolute atomic E-state index is 11.0. The molecule has 0 aliphatic heterocycles. The zero-order valence-corrected chi connectivity index (χ0v) is 12.7. The van der Waals surface area contributed by atoms with Gasteiger partial charge in [-0.05, 0) is 12.1 Å². The zero-order valence-electron chi connectivity index (χ0n) is 8.68. The molecule has 0 radical (unpaired) electrons. The van der Waals surface area contributed by atoms with E-state index in [0.717, 1.165) is 12.1 Å². The Hall–Kier alpha value is -0.240. The Morgan fingerprint density at radius 1 is 0.875 bits per heavy atom. The molecule has 0 amide bonds. The molecular formula is C8H4Na2O6.